The molecule has 0 atom stereocenters. The molecule has 0 unspecified atom stereocenters. The van der Waals surface area contributed by atoms with E-state index in [-0.39, 0.29) is 29.9 Å². The Morgan fingerprint density at radius 3 is 2.60 bits per heavy atom. The van der Waals surface area contributed by atoms with Crippen molar-refractivity contribution in [3.8, 4) is 0 Å². The molecule has 1 heterocycles. The van der Waals surface area contributed by atoms with E-state index in [0.29, 0.717) is 37.9 Å². The van der Waals surface area contributed by atoms with Gasteiger partial charge in [-0.25, -0.2) is 0 Å². The number of carbonyl (C=O) groups is 1. The summed E-state index contributed by atoms with van der Waals surface area (Å²) >= 11 is 0. The Hall–Kier alpha value is -1.38. The maximum absolute atomic E-state index is 11.9. The van der Waals surface area contributed by atoms with Crippen LogP contribution in [0.5, 0.6) is 0 Å². The molecule has 0 spiro atoms. The first kappa shape index (κ1) is 21.7. The van der Waals surface area contributed by atoms with Crippen molar-refractivity contribution in [2.24, 2.45) is 10.9 Å². The van der Waals surface area contributed by atoms with Gasteiger partial charge in [0.1, 0.15) is 0 Å². The molecule has 2 rings (SSSR count). The van der Waals surface area contributed by atoms with Gasteiger partial charge in [0, 0.05) is 32.8 Å². The third-order valence-electron chi connectivity index (χ3n) is 4.33. The van der Waals surface area contributed by atoms with Crippen LogP contribution in [-0.2, 0) is 11.3 Å². The molecule has 1 aliphatic carbocycles. The highest BCUT2D eigenvalue weighted by Crippen LogP contribution is 2.25. The Bertz CT molecular complexity index is 517. The van der Waals surface area contributed by atoms with E-state index in [1.807, 2.05) is 18.2 Å². The lowest BCUT2D eigenvalue weighted by Gasteiger charge is -2.20. The molecule has 1 amide bonds. The first-order valence-electron chi connectivity index (χ1n) is 8.89. The largest absolute Gasteiger partial charge is 0.355 e. The van der Waals surface area contributed by atoms with Crippen LogP contribution >= 0.6 is 24.0 Å². The van der Waals surface area contributed by atoms with Crippen LogP contribution in [0.4, 0.5) is 0 Å². The molecule has 1 aliphatic rings. The molecule has 0 bridgehead atoms. The van der Waals surface area contributed by atoms with Gasteiger partial charge in [0.05, 0.1) is 12.2 Å². The SMILES string of the molecule is CN=C(NCCNC(=O)CC1CCCCC1)NCc1ccccn1.I. The molecule has 7 heteroatoms. The van der Waals surface area contributed by atoms with E-state index in [9.17, 15) is 4.79 Å². The zero-order chi connectivity index (χ0) is 17.0. The van der Waals surface area contributed by atoms with Crippen molar-refractivity contribution >= 4 is 35.8 Å². The fourth-order valence-electron chi connectivity index (χ4n) is 3.01. The van der Waals surface area contributed by atoms with Gasteiger partial charge in [-0.3, -0.25) is 14.8 Å². The predicted octanol–water partition coefficient (Wildman–Crippen LogP) is 2.45. The van der Waals surface area contributed by atoms with Crippen molar-refractivity contribution in [2.45, 2.75) is 45.1 Å². The molecule has 1 saturated carbocycles. The number of nitrogens with one attached hydrogen (secondary N) is 3. The molecule has 25 heavy (non-hydrogen) atoms. The number of pyridine rings is 1. The van der Waals surface area contributed by atoms with Crippen molar-refractivity contribution in [3.63, 3.8) is 0 Å². The number of hydrogen-bond acceptors (Lipinski definition) is 3. The van der Waals surface area contributed by atoms with E-state index < -0.39 is 0 Å². The summed E-state index contributed by atoms with van der Waals surface area (Å²) < 4.78 is 0. The molecule has 1 aromatic rings. The zero-order valence-corrected chi connectivity index (χ0v) is 17.3. The Morgan fingerprint density at radius 2 is 1.92 bits per heavy atom. The van der Waals surface area contributed by atoms with E-state index in [2.05, 4.69) is 25.9 Å². The highest BCUT2D eigenvalue weighted by Gasteiger charge is 2.16. The molecular formula is C18H30IN5O. The molecule has 140 valence electrons. The lowest BCUT2D eigenvalue weighted by atomic mass is 9.87. The first-order valence-corrected chi connectivity index (χ1v) is 8.89. The molecule has 6 nitrogen and oxygen atoms in total. The summed E-state index contributed by atoms with van der Waals surface area (Å²) in [6.45, 7) is 1.88. The fourth-order valence-corrected chi connectivity index (χ4v) is 3.01. The summed E-state index contributed by atoms with van der Waals surface area (Å²) in [5.74, 6) is 1.46. The lowest BCUT2D eigenvalue weighted by molar-refractivity contribution is -0.122. The lowest BCUT2D eigenvalue weighted by Crippen LogP contribution is -2.41. The summed E-state index contributed by atoms with van der Waals surface area (Å²) in [7, 11) is 1.73. The Labute approximate surface area is 167 Å². The van der Waals surface area contributed by atoms with Crippen LogP contribution in [0.2, 0.25) is 0 Å². The Kier molecular flexibility index (Phi) is 11.2. The normalized spacial score (nSPS) is 15.2. The van der Waals surface area contributed by atoms with E-state index in [1.165, 1.54) is 32.1 Å². The quantitative estimate of drug-likeness (QED) is 0.253. The minimum Gasteiger partial charge on any atom is -0.355 e. The van der Waals surface area contributed by atoms with Gasteiger partial charge in [-0.05, 0) is 30.9 Å². The summed E-state index contributed by atoms with van der Waals surface area (Å²) in [5.41, 5.74) is 0.959. The van der Waals surface area contributed by atoms with Gasteiger partial charge in [0.25, 0.3) is 0 Å². The zero-order valence-electron chi connectivity index (χ0n) is 15.0. The van der Waals surface area contributed by atoms with Gasteiger partial charge in [-0.2, -0.15) is 0 Å². The standard InChI is InChI=1S/C18H29N5O.HI/c1-19-18(23-14-16-9-5-6-10-20-16)22-12-11-21-17(24)13-15-7-3-2-4-8-15;/h5-6,9-10,15H,2-4,7-8,11-14H2,1H3,(H,21,24)(H2,19,22,23);1H. The molecule has 0 saturated heterocycles. The van der Waals surface area contributed by atoms with Gasteiger partial charge < -0.3 is 16.0 Å². The van der Waals surface area contributed by atoms with Crippen molar-refractivity contribution < 1.29 is 4.79 Å². The van der Waals surface area contributed by atoms with Gasteiger partial charge >= 0.3 is 0 Å². The molecule has 3 N–H and O–H groups in total. The van der Waals surface area contributed by atoms with Gasteiger partial charge in [-0.1, -0.05) is 25.3 Å². The average Bonchev–Trinajstić information content (AvgIpc) is 2.63. The topological polar surface area (TPSA) is 78.4 Å². The van der Waals surface area contributed by atoms with E-state index in [4.69, 9.17) is 0 Å². The van der Waals surface area contributed by atoms with E-state index in [0.717, 1.165) is 5.69 Å². The van der Waals surface area contributed by atoms with Crippen molar-refractivity contribution in [1.82, 2.24) is 20.9 Å². The smallest absolute Gasteiger partial charge is 0.220 e. The molecule has 0 aliphatic heterocycles. The van der Waals surface area contributed by atoms with Crippen LogP contribution in [-0.4, -0.2) is 37.0 Å². The average molecular weight is 459 g/mol. The highest BCUT2D eigenvalue weighted by molar-refractivity contribution is 14.0. The second-order valence-electron chi connectivity index (χ2n) is 6.23. The van der Waals surface area contributed by atoms with Crippen LogP contribution in [0.15, 0.2) is 29.4 Å². The van der Waals surface area contributed by atoms with Crippen LogP contribution in [0.25, 0.3) is 0 Å². The summed E-state index contributed by atoms with van der Waals surface area (Å²) in [4.78, 5) is 20.4. The maximum Gasteiger partial charge on any atom is 0.220 e. The minimum absolute atomic E-state index is 0. The van der Waals surface area contributed by atoms with Crippen LogP contribution in [0.3, 0.4) is 0 Å². The molecule has 1 aromatic heterocycles. The van der Waals surface area contributed by atoms with E-state index in [1.54, 1.807) is 13.2 Å². The summed E-state index contributed by atoms with van der Waals surface area (Å²) in [6.07, 6.45) is 8.73. The summed E-state index contributed by atoms with van der Waals surface area (Å²) in [6, 6.07) is 5.82. The van der Waals surface area contributed by atoms with Gasteiger partial charge in [0.15, 0.2) is 5.96 Å². The predicted molar refractivity (Wildman–Crippen MR) is 112 cm³/mol. The van der Waals surface area contributed by atoms with Crippen molar-refractivity contribution in [2.75, 3.05) is 20.1 Å². The van der Waals surface area contributed by atoms with Crippen LogP contribution in [0.1, 0.15) is 44.2 Å². The number of carbonyl (C=O) groups excluding carboxylic acids is 1. The molecule has 0 radical (unpaired) electrons. The number of nitrogens with zero attached hydrogens (tertiary/aromatic N) is 2. The third-order valence-corrected chi connectivity index (χ3v) is 4.33. The summed E-state index contributed by atoms with van der Waals surface area (Å²) in [5, 5.41) is 9.38. The number of aliphatic imine (C=N–C) groups is 1. The molecule has 1 fully saturated rings. The van der Waals surface area contributed by atoms with Gasteiger partial charge in [-0.15, -0.1) is 24.0 Å². The maximum atomic E-state index is 11.9. The third kappa shape index (κ3) is 9.04. The van der Waals surface area contributed by atoms with Crippen molar-refractivity contribution in [1.29, 1.82) is 0 Å². The first-order chi connectivity index (χ1) is 11.8. The van der Waals surface area contributed by atoms with E-state index >= 15 is 0 Å². The number of halogens is 1. The Morgan fingerprint density at radius 1 is 1.16 bits per heavy atom. The highest BCUT2D eigenvalue weighted by atomic mass is 127. The molecular weight excluding hydrogens is 429 g/mol. The van der Waals surface area contributed by atoms with Gasteiger partial charge in [0.2, 0.25) is 5.91 Å². The number of rotatable bonds is 7. The van der Waals surface area contributed by atoms with Crippen LogP contribution in [0, 0.1) is 5.92 Å². The number of amides is 1. The fraction of sp³-hybridized carbons (Fsp3) is 0.611. The number of guanidine groups is 1. The van der Waals surface area contributed by atoms with Crippen LogP contribution < -0.4 is 16.0 Å². The molecule has 0 aromatic carbocycles. The Balaban J connectivity index is 0.00000312. The van der Waals surface area contributed by atoms with Crippen molar-refractivity contribution in [3.05, 3.63) is 30.1 Å². The number of hydrogen-bond donors (Lipinski definition) is 3. The second kappa shape index (κ2) is 12.9. The monoisotopic (exact) mass is 459 g/mol. The number of aromatic nitrogens is 1. The minimum atomic E-state index is 0. The second-order valence-corrected chi connectivity index (χ2v) is 6.23.